The van der Waals surface area contributed by atoms with Gasteiger partial charge in [-0.25, -0.2) is 9.37 Å². The van der Waals surface area contributed by atoms with Crippen LogP contribution >= 0.6 is 0 Å². The van der Waals surface area contributed by atoms with Crippen molar-refractivity contribution in [3.05, 3.63) is 53.9 Å². The maximum Gasteiger partial charge on any atom is 0.123 e. The number of hydrogen-bond acceptors (Lipinski definition) is 1. The SMILES string of the molecule is Fc1ccc(C2CCC(Cc3ncc[nH]3)CC2)cc1. The highest BCUT2D eigenvalue weighted by Crippen LogP contribution is 2.36. The van der Waals surface area contributed by atoms with Crippen molar-refractivity contribution in [2.24, 2.45) is 5.92 Å². The summed E-state index contributed by atoms with van der Waals surface area (Å²) in [6.45, 7) is 0. The van der Waals surface area contributed by atoms with Crippen LogP contribution in [-0.2, 0) is 6.42 Å². The van der Waals surface area contributed by atoms with E-state index in [0.29, 0.717) is 5.92 Å². The molecule has 0 bridgehead atoms. The van der Waals surface area contributed by atoms with Gasteiger partial charge in [-0.05, 0) is 55.2 Å². The van der Waals surface area contributed by atoms with Crippen molar-refractivity contribution in [1.82, 2.24) is 9.97 Å². The molecule has 3 heteroatoms. The van der Waals surface area contributed by atoms with E-state index in [9.17, 15) is 4.39 Å². The lowest BCUT2D eigenvalue weighted by Gasteiger charge is -2.28. The van der Waals surface area contributed by atoms with Gasteiger partial charge in [0.2, 0.25) is 0 Å². The summed E-state index contributed by atoms with van der Waals surface area (Å²) in [6, 6.07) is 7.02. The minimum Gasteiger partial charge on any atom is -0.349 e. The minimum absolute atomic E-state index is 0.143. The van der Waals surface area contributed by atoms with Gasteiger partial charge in [0.15, 0.2) is 0 Å². The summed E-state index contributed by atoms with van der Waals surface area (Å²) in [5, 5.41) is 0. The zero-order valence-corrected chi connectivity index (χ0v) is 11.0. The maximum absolute atomic E-state index is 12.9. The van der Waals surface area contributed by atoms with Crippen LogP contribution in [0.25, 0.3) is 0 Å². The van der Waals surface area contributed by atoms with E-state index >= 15 is 0 Å². The first kappa shape index (κ1) is 12.4. The first-order valence-corrected chi connectivity index (χ1v) is 7.05. The second kappa shape index (κ2) is 5.55. The summed E-state index contributed by atoms with van der Waals surface area (Å²) in [4.78, 5) is 7.48. The Morgan fingerprint density at radius 1 is 1.11 bits per heavy atom. The lowest BCUT2D eigenvalue weighted by atomic mass is 9.77. The highest BCUT2D eigenvalue weighted by atomic mass is 19.1. The van der Waals surface area contributed by atoms with Gasteiger partial charge in [0.1, 0.15) is 11.6 Å². The predicted molar refractivity (Wildman–Crippen MR) is 73.4 cm³/mol. The minimum atomic E-state index is -0.143. The molecule has 1 heterocycles. The predicted octanol–water partition coefficient (Wildman–Crippen LogP) is 4.07. The van der Waals surface area contributed by atoms with Crippen LogP contribution in [0.3, 0.4) is 0 Å². The van der Waals surface area contributed by atoms with Gasteiger partial charge in [0, 0.05) is 18.8 Å². The summed E-state index contributed by atoms with van der Waals surface area (Å²) in [5.74, 6) is 2.30. The molecular weight excluding hydrogens is 239 g/mol. The van der Waals surface area contributed by atoms with E-state index in [0.717, 1.165) is 18.2 Å². The molecule has 0 unspecified atom stereocenters. The average molecular weight is 258 g/mol. The molecule has 1 fully saturated rings. The van der Waals surface area contributed by atoms with Crippen LogP contribution in [0, 0.1) is 11.7 Å². The molecule has 0 spiro atoms. The second-order valence-electron chi connectivity index (χ2n) is 5.51. The van der Waals surface area contributed by atoms with Gasteiger partial charge in [-0.2, -0.15) is 0 Å². The van der Waals surface area contributed by atoms with Crippen molar-refractivity contribution in [2.75, 3.05) is 0 Å². The van der Waals surface area contributed by atoms with Gasteiger partial charge in [0.25, 0.3) is 0 Å². The maximum atomic E-state index is 12.9. The highest BCUT2D eigenvalue weighted by molar-refractivity contribution is 5.20. The van der Waals surface area contributed by atoms with Gasteiger partial charge in [-0.1, -0.05) is 12.1 Å². The molecule has 0 saturated heterocycles. The van der Waals surface area contributed by atoms with E-state index in [1.54, 1.807) is 12.1 Å². The number of aromatic amines is 1. The van der Waals surface area contributed by atoms with Crippen LogP contribution in [0.4, 0.5) is 4.39 Å². The number of hydrogen-bond donors (Lipinski definition) is 1. The summed E-state index contributed by atoms with van der Waals surface area (Å²) >= 11 is 0. The first-order valence-electron chi connectivity index (χ1n) is 7.05. The molecule has 2 aromatic rings. The number of nitrogens with one attached hydrogen (secondary N) is 1. The fourth-order valence-corrected chi connectivity index (χ4v) is 3.12. The fraction of sp³-hybridized carbons (Fsp3) is 0.438. The molecule has 1 aromatic heterocycles. The summed E-state index contributed by atoms with van der Waals surface area (Å²) < 4.78 is 12.9. The van der Waals surface area contributed by atoms with E-state index < -0.39 is 0 Å². The third-order valence-corrected chi connectivity index (χ3v) is 4.23. The number of aromatic nitrogens is 2. The van der Waals surface area contributed by atoms with Gasteiger partial charge in [-0.15, -0.1) is 0 Å². The van der Waals surface area contributed by atoms with Gasteiger partial charge in [0.05, 0.1) is 0 Å². The monoisotopic (exact) mass is 258 g/mol. The molecule has 1 aromatic carbocycles. The number of H-pyrrole nitrogens is 1. The Kier molecular flexibility index (Phi) is 3.62. The Labute approximate surface area is 113 Å². The van der Waals surface area contributed by atoms with Crippen molar-refractivity contribution in [3.8, 4) is 0 Å². The van der Waals surface area contributed by atoms with Crippen molar-refractivity contribution in [1.29, 1.82) is 0 Å². The molecule has 0 atom stereocenters. The molecule has 3 rings (SSSR count). The van der Waals surface area contributed by atoms with Crippen LogP contribution in [-0.4, -0.2) is 9.97 Å². The Morgan fingerprint density at radius 3 is 2.47 bits per heavy atom. The molecule has 1 aliphatic rings. The van der Waals surface area contributed by atoms with Gasteiger partial charge >= 0.3 is 0 Å². The summed E-state index contributed by atoms with van der Waals surface area (Å²) in [6.07, 6.45) is 9.65. The van der Waals surface area contributed by atoms with E-state index in [4.69, 9.17) is 0 Å². The first-order chi connectivity index (χ1) is 9.31. The van der Waals surface area contributed by atoms with Crippen LogP contribution in [0.2, 0.25) is 0 Å². The van der Waals surface area contributed by atoms with E-state index in [-0.39, 0.29) is 5.82 Å². The topological polar surface area (TPSA) is 28.7 Å². The Balaban J connectivity index is 1.56. The van der Waals surface area contributed by atoms with Crippen LogP contribution in [0.5, 0.6) is 0 Å². The molecule has 0 aliphatic heterocycles. The summed E-state index contributed by atoms with van der Waals surface area (Å²) in [7, 11) is 0. The van der Waals surface area contributed by atoms with Crippen LogP contribution < -0.4 is 0 Å². The van der Waals surface area contributed by atoms with Crippen molar-refractivity contribution >= 4 is 0 Å². The molecule has 0 radical (unpaired) electrons. The number of rotatable bonds is 3. The Morgan fingerprint density at radius 2 is 1.84 bits per heavy atom. The zero-order valence-electron chi connectivity index (χ0n) is 11.0. The molecule has 1 N–H and O–H groups in total. The van der Waals surface area contributed by atoms with E-state index in [1.807, 2.05) is 24.5 Å². The highest BCUT2D eigenvalue weighted by Gasteiger charge is 2.23. The smallest absolute Gasteiger partial charge is 0.123 e. The quantitative estimate of drug-likeness (QED) is 0.883. The lowest BCUT2D eigenvalue weighted by Crippen LogP contribution is -2.15. The molecule has 100 valence electrons. The van der Waals surface area contributed by atoms with Crippen molar-refractivity contribution < 1.29 is 4.39 Å². The van der Waals surface area contributed by atoms with Gasteiger partial charge < -0.3 is 4.98 Å². The zero-order chi connectivity index (χ0) is 13.1. The number of imidazole rings is 1. The second-order valence-corrected chi connectivity index (χ2v) is 5.51. The third kappa shape index (κ3) is 3.03. The van der Waals surface area contributed by atoms with Crippen molar-refractivity contribution in [2.45, 2.75) is 38.0 Å². The number of nitrogens with zero attached hydrogens (tertiary/aromatic N) is 1. The molecule has 1 aliphatic carbocycles. The lowest BCUT2D eigenvalue weighted by molar-refractivity contribution is 0.321. The number of halogens is 1. The standard InChI is InChI=1S/C16H19FN2/c17-15-7-5-14(6-8-15)13-3-1-12(2-4-13)11-16-18-9-10-19-16/h5-10,12-13H,1-4,11H2,(H,18,19). The van der Waals surface area contributed by atoms with Crippen molar-refractivity contribution in [3.63, 3.8) is 0 Å². The van der Waals surface area contributed by atoms with E-state index in [1.165, 1.54) is 31.2 Å². The van der Waals surface area contributed by atoms with Gasteiger partial charge in [-0.3, -0.25) is 0 Å². The average Bonchev–Trinajstić information content (AvgIpc) is 2.94. The van der Waals surface area contributed by atoms with Crippen LogP contribution in [0.1, 0.15) is 43.0 Å². The molecular formula is C16H19FN2. The molecule has 19 heavy (non-hydrogen) atoms. The largest absolute Gasteiger partial charge is 0.349 e. The summed E-state index contributed by atoms with van der Waals surface area (Å²) in [5.41, 5.74) is 1.29. The molecule has 2 nitrogen and oxygen atoms in total. The number of benzene rings is 1. The van der Waals surface area contributed by atoms with E-state index in [2.05, 4.69) is 9.97 Å². The third-order valence-electron chi connectivity index (χ3n) is 4.23. The fourth-order valence-electron chi connectivity index (χ4n) is 3.12. The normalized spacial score (nSPS) is 23.4. The Bertz CT molecular complexity index is 496. The Hall–Kier alpha value is -1.64. The van der Waals surface area contributed by atoms with Crippen LogP contribution in [0.15, 0.2) is 36.7 Å². The molecule has 0 amide bonds. The molecule has 1 saturated carbocycles.